The normalized spacial score (nSPS) is 11.2. The van der Waals surface area contributed by atoms with E-state index in [2.05, 4.69) is 65.9 Å². The third-order valence-corrected chi connectivity index (χ3v) is 7.10. The molecule has 6 nitrogen and oxygen atoms in total. The average molecular weight is 703 g/mol. The van der Waals surface area contributed by atoms with Crippen LogP contribution in [0.15, 0.2) is 97.1 Å². The average Bonchev–Trinajstić information content (AvgIpc) is 3.51. The molecule has 0 fully saturated rings. The molecular formula is C33H23N4O2Pt-. The van der Waals surface area contributed by atoms with Gasteiger partial charge in [0.1, 0.15) is 11.5 Å². The summed E-state index contributed by atoms with van der Waals surface area (Å²) in [6.07, 6.45) is 0. The van der Waals surface area contributed by atoms with Crippen LogP contribution in [0.4, 0.5) is 0 Å². The van der Waals surface area contributed by atoms with Crippen LogP contribution in [-0.4, -0.2) is 25.6 Å². The number of benzene rings is 4. The first-order valence-electron chi connectivity index (χ1n) is 12.7. The number of carboxylic acids is 1. The quantitative estimate of drug-likeness (QED) is 0.208. The van der Waals surface area contributed by atoms with Gasteiger partial charge in [-0.05, 0) is 66.1 Å². The molecule has 7 rings (SSSR count). The molecule has 0 aliphatic rings. The van der Waals surface area contributed by atoms with Gasteiger partial charge in [-0.1, -0.05) is 66.7 Å². The van der Waals surface area contributed by atoms with E-state index in [1.54, 1.807) is 6.07 Å². The molecule has 0 spiro atoms. The van der Waals surface area contributed by atoms with E-state index in [9.17, 15) is 9.90 Å². The molecule has 0 amide bonds. The third-order valence-electron chi connectivity index (χ3n) is 7.10. The molecular weight excluding hydrogens is 679 g/mol. The first-order chi connectivity index (χ1) is 19.0. The molecule has 40 heavy (non-hydrogen) atoms. The Balaban J connectivity index is 0.00000289. The van der Waals surface area contributed by atoms with Gasteiger partial charge in [-0.3, -0.25) is 4.57 Å². The van der Waals surface area contributed by atoms with Crippen molar-refractivity contribution in [1.82, 2.24) is 19.5 Å². The maximum absolute atomic E-state index is 11.6. The summed E-state index contributed by atoms with van der Waals surface area (Å²) >= 11 is 0. The molecule has 4 aromatic carbocycles. The number of hydrogen-bond donors (Lipinski definition) is 1. The van der Waals surface area contributed by atoms with E-state index >= 15 is 0 Å². The summed E-state index contributed by atoms with van der Waals surface area (Å²) in [5, 5.41) is 11.7. The Morgan fingerprint density at radius 1 is 0.775 bits per heavy atom. The number of rotatable bonds is 4. The molecule has 0 bridgehead atoms. The van der Waals surface area contributed by atoms with Crippen molar-refractivity contribution in [1.29, 1.82) is 0 Å². The maximum atomic E-state index is 11.6. The second-order valence-electron chi connectivity index (χ2n) is 9.83. The number of nitrogens with zero attached hydrogens (tertiary/aromatic N) is 4. The van der Waals surface area contributed by atoms with Crippen LogP contribution < -0.4 is 4.98 Å². The fraction of sp³-hybridized carbons (Fsp3) is 0.0606. The molecule has 0 saturated carbocycles. The van der Waals surface area contributed by atoms with Gasteiger partial charge in [0.25, 0.3) is 0 Å². The number of imidazole rings is 1. The molecule has 0 unspecified atom stereocenters. The summed E-state index contributed by atoms with van der Waals surface area (Å²) in [6, 6.07) is 31.8. The van der Waals surface area contributed by atoms with Crippen LogP contribution >= 0.6 is 0 Å². The Bertz CT molecular complexity index is 2070. The van der Waals surface area contributed by atoms with E-state index in [0.717, 1.165) is 66.6 Å². The number of hydrogen-bond acceptors (Lipinski definition) is 3. The maximum Gasteiger partial charge on any atom is 0.354 e. The van der Waals surface area contributed by atoms with Crippen LogP contribution in [0.5, 0.6) is 0 Å². The fourth-order valence-electron chi connectivity index (χ4n) is 5.51. The zero-order valence-electron chi connectivity index (χ0n) is 21.7. The number of aryl methyl sites for hydroxylation is 2. The number of para-hydroxylation sites is 3. The predicted octanol–water partition coefficient (Wildman–Crippen LogP) is 7.33. The van der Waals surface area contributed by atoms with Crippen molar-refractivity contribution in [2.24, 2.45) is 0 Å². The van der Waals surface area contributed by atoms with E-state index in [-0.39, 0.29) is 26.8 Å². The van der Waals surface area contributed by atoms with Crippen LogP contribution in [0.25, 0.3) is 61.2 Å². The molecule has 7 heteroatoms. The molecule has 0 aliphatic carbocycles. The van der Waals surface area contributed by atoms with Crippen LogP contribution in [0.1, 0.15) is 21.6 Å². The Kier molecular flexibility index (Phi) is 6.36. The van der Waals surface area contributed by atoms with E-state index in [1.807, 2.05) is 42.5 Å². The van der Waals surface area contributed by atoms with Gasteiger partial charge in [0.15, 0.2) is 0 Å². The van der Waals surface area contributed by atoms with Gasteiger partial charge in [0.2, 0.25) is 0 Å². The Morgan fingerprint density at radius 2 is 1.48 bits per heavy atom. The van der Waals surface area contributed by atoms with Crippen molar-refractivity contribution in [2.45, 2.75) is 13.8 Å². The smallest absolute Gasteiger partial charge is 0.354 e. The molecule has 1 N–H and O–H groups in total. The number of aromatic carboxylic acids is 1. The second kappa shape index (κ2) is 9.89. The fourth-order valence-corrected chi connectivity index (χ4v) is 5.51. The molecule has 0 saturated heterocycles. The number of carboxylic acid groups (broad SMARTS) is 1. The summed E-state index contributed by atoms with van der Waals surface area (Å²) in [4.78, 5) is 26.3. The van der Waals surface area contributed by atoms with Gasteiger partial charge in [-0.15, -0.1) is 11.0 Å². The standard InChI is InChI=1S/C33H24N4O2.Pt/c1-19-16-20(2)18-21(17-19)37-29-15-6-10-24(27-13-7-14-28(34-27)33(38)39)31(29)36-32(37)25-11-5-9-23-22-8-3-4-12-26(22)35-30(23)25;/h3-18H,1-2H3,(H2,34,35,36,38,39);/p-1. The molecule has 198 valence electrons. The zero-order chi connectivity index (χ0) is 26.7. The zero-order valence-corrected chi connectivity index (χ0v) is 24.0. The topological polar surface area (TPSA) is 82.1 Å². The van der Waals surface area contributed by atoms with Crippen molar-refractivity contribution >= 4 is 38.8 Å². The van der Waals surface area contributed by atoms with Gasteiger partial charge in [0.05, 0.1) is 16.7 Å². The molecule has 0 atom stereocenters. The van der Waals surface area contributed by atoms with Crippen molar-refractivity contribution in [3.8, 4) is 28.3 Å². The molecule has 7 aromatic rings. The number of fused-ring (bicyclic) bond motifs is 4. The molecule has 0 radical (unpaired) electrons. The predicted molar refractivity (Wildman–Crippen MR) is 155 cm³/mol. The molecule has 3 heterocycles. The minimum atomic E-state index is -1.06. The largest absolute Gasteiger partial charge is 0.656 e. The monoisotopic (exact) mass is 702 g/mol. The van der Waals surface area contributed by atoms with Crippen LogP contribution in [0.2, 0.25) is 0 Å². The van der Waals surface area contributed by atoms with Gasteiger partial charge in [0, 0.05) is 37.9 Å². The molecule has 3 aromatic heterocycles. The first kappa shape index (κ1) is 25.7. The summed E-state index contributed by atoms with van der Waals surface area (Å²) in [7, 11) is 0. The number of carbonyl (C=O) groups is 1. The van der Waals surface area contributed by atoms with Crippen LogP contribution in [-0.2, 0) is 21.1 Å². The van der Waals surface area contributed by atoms with Gasteiger partial charge >= 0.3 is 5.97 Å². The van der Waals surface area contributed by atoms with Crippen molar-refractivity contribution in [3.63, 3.8) is 0 Å². The van der Waals surface area contributed by atoms with E-state index in [0.29, 0.717) is 5.69 Å². The summed E-state index contributed by atoms with van der Waals surface area (Å²) < 4.78 is 2.17. The second-order valence-corrected chi connectivity index (χ2v) is 9.83. The van der Waals surface area contributed by atoms with E-state index < -0.39 is 5.97 Å². The number of pyridine rings is 1. The van der Waals surface area contributed by atoms with E-state index in [4.69, 9.17) is 9.97 Å². The van der Waals surface area contributed by atoms with Crippen LogP contribution in [0.3, 0.4) is 0 Å². The van der Waals surface area contributed by atoms with Gasteiger partial charge in [-0.25, -0.2) is 14.8 Å². The SMILES string of the molecule is Cc1cc(C)cc(-n2c(-c3cccc4c3[n-]c3ccccc34)nc3c(-c4cccc(C(=O)O)n4)cccc32)c1.[Pt]. The minimum absolute atomic E-state index is 0. The van der Waals surface area contributed by atoms with Gasteiger partial charge < -0.3 is 10.1 Å². The van der Waals surface area contributed by atoms with Gasteiger partial charge in [-0.2, -0.15) is 0 Å². The van der Waals surface area contributed by atoms with Crippen molar-refractivity contribution in [2.75, 3.05) is 0 Å². The van der Waals surface area contributed by atoms with E-state index in [1.165, 1.54) is 6.07 Å². The van der Waals surface area contributed by atoms with Crippen LogP contribution in [0, 0.1) is 13.8 Å². The summed E-state index contributed by atoms with van der Waals surface area (Å²) in [5.74, 6) is -0.295. The third kappa shape index (κ3) is 4.12. The first-order valence-corrected chi connectivity index (χ1v) is 12.7. The van der Waals surface area contributed by atoms with Crippen molar-refractivity contribution < 1.29 is 31.0 Å². The Hall–Kier alpha value is -4.54. The number of aromatic nitrogens is 4. The van der Waals surface area contributed by atoms with Crippen molar-refractivity contribution in [3.05, 3.63) is 114 Å². The molecule has 0 aliphatic heterocycles. The minimum Gasteiger partial charge on any atom is -0.656 e. The Labute approximate surface area is 244 Å². The summed E-state index contributed by atoms with van der Waals surface area (Å²) in [5.41, 5.74) is 9.06. The Morgan fingerprint density at radius 3 is 2.27 bits per heavy atom. The summed E-state index contributed by atoms with van der Waals surface area (Å²) in [6.45, 7) is 4.18.